The monoisotopic (exact) mass is 423 g/mol. The molecule has 1 aromatic carbocycles. The quantitative estimate of drug-likeness (QED) is 0.342. The average molecular weight is 424 g/mol. The van der Waals surface area contributed by atoms with Gasteiger partial charge in [-0.15, -0.1) is 0 Å². The second-order valence-electron chi connectivity index (χ2n) is 5.37. The Morgan fingerprint density at radius 1 is 1.00 bits per heavy atom. The summed E-state index contributed by atoms with van der Waals surface area (Å²) in [6.45, 7) is 0. The number of benzene rings is 1. The SMILES string of the molecule is CO/N=C/C(C=Nc1ccc(C(F)(F)F)cc1)c1ncc(C(F)(F)F)cc1Cl. The third-order valence-corrected chi connectivity index (χ3v) is 3.72. The Morgan fingerprint density at radius 3 is 2.11 bits per heavy atom. The maximum Gasteiger partial charge on any atom is 0.417 e. The first-order valence-electron chi connectivity index (χ1n) is 7.53. The zero-order chi connectivity index (χ0) is 20.9. The number of aromatic nitrogens is 1. The topological polar surface area (TPSA) is 46.8 Å². The van der Waals surface area contributed by atoms with Crippen LogP contribution in [0, 0.1) is 0 Å². The summed E-state index contributed by atoms with van der Waals surface area (Å²) in [5, 5.41) is 3.26. The van der Waals surface area contributed by atoms with Crippen LogP contribution in [-0.4, -0.2) is 24.5 Å². The molecule has 4 nitrogen and oxygen atoms in total. The number of oxime groups is 1. The fourth-order valence-corrected chi connectivity index (χ4v) is 2.35. The summed E-state index contributed by atoms with van der Waals surface area (Å²) in [5.41, 5.74) is -1.65. The average Bonchev–Trinajstić information content (AvgIpc) is 2.61. The highest BCUT2D eigenvalue weighted by atomic mass is 35.5. The molecule has 0 N–H and O–H groups in total. The van der Waals surface area contributed by atoms with Crippen LogP contribution in [0.4, 0.5) is 32.0 Å². The number of hydrogen-bond donors (Lipinski definition) is 0. The van der Waals surface area contributed by atoms with Crippen molar-refractivity contribution in [1.82, 2.24) is 4.98 Å². The van der Waals surface area contributed by atoms with Gasteiger partial charge in [-0.25, -0.2) is 0 Å². The van der Waals surface area contributed by atoms with Crippen molar-refractivity contribution in [2.24, 2.45) is 10.1 Å². The number of rotatable bonds is 5. The lowest BCUT2D eigenvalue weighted by Gasteiger charge is -2.12. The maximum absolute atomic E-state index is 12.7. The summed E-state index contributed by atoms with van der Waals surface area (Å²) in [7, 11) is 1.25. The molecular formula is C17H12ClF6N3O. The molecule has 1 atom stereocenters. The van der Waals surface area contributed by atoms with Crippen LogP contribution in [0.5, 0.6) is 0 Å². The van der Waals surface area contributed by atoms with Gasteiger partial charge in [0.2, 0.25) is 0 Å². The van der Waals surface area contributed by atoms with Crippen LogP contribution in [0.1, 0.15) is 22.7 Å². The molecular weight excluding hydrogens is 412 g/mol. The van der Waals surface area contributed by atoms with E-state index in [2.05, 4.69) is 20.0 Å². The van der Waals surface area contributed by atoms with E-state index < -0.39 is 29.4 Å². The van der Waals surface area contributed by atoms with Crippen LogP contribution in [0.3, 0.4) is 0 Å². The minimum atomic E-state index is -4.61. The van der Waals surface area contributed by atoms with Crippen molar-refractivity contribution in [3.8, 4) is 0 Å². The second kappa shape index (κ2) is 8.59. The Kier molecular flexibility index (Phi) is 6.65. The molecule has 28 heavy (non-hydrogen) atoms. The van der Waals surface area contributed by atoms with Crippen LogP contribution >= 0.6 is 11.6 Å². The fourth-order valence-electron chi connectivity index (χ4n) is 2.06. The Labute approximate surface area is 160 Å². The highest BCUT2D eigenvalue weighted by molar-refractivity contribution is 6.31. The first-order chi connectivity index (χ1) is 13.0. The molecule has 0 saturated carbocycles. The van der Waals surface area contributed by atoms with Crippen LogP contribution in [0.2, 0.25) is 5.02 Å². The fraction of sp³-hybridized carbons (Fsp3) is 0.235. The van der Waals surface area contributed by atoms with E-state index in [-0.39, 0.29) is 16.4 Å². The molecule has 2 rings (SSSR count). The van der Waals surface area contributed by atoms with Crippen molar-refractivity contribution in [2.75, 3.05) is 7.11 Å². The van der Waals surface area contributed by atoms with E-state index in [9.17, 15) is 26.3 Å². The van der Waals surface area contributed by atoms with Crippen molar-refractivity contribution < 1.29 is 31.2 Å². The second-order valence-corrected chi connectivity index (χ2v) is 5.78. The van der Waals surface area contributed by atoms with Crippen LogP contribution in [-0.2, 0) is 17.2 Å². The summed E-state index contributed by atoms with van der Waals surface area (Å²) < 4.78 is 76.0. The molecule has 0 radical (unpaired) electrons. The van der Waals surface area contributed by atoms with Gasteiger partial charge in [-0.1, -0.05) is 16.8 Å². The van der Waals surface area contributed by atoms with Gasteiger partial charge in [0.25, 0.3) is 0 Å². The predicted octanol–water partition coefficient (Wildman–Crippen LogP) is 5.89. The van der Waals surface area contributed by atoms with Crippen molar-refractivity contribution in [1.29, 1.82) is 0 Å². The lowest BCUT2D eigenvalue weighted by atomic mass is 10.1. The smallest absolute Gasteiger partial charge is 0.399 e. The van der Waals surface area contributed by atoms with Gasteiger partial charge < -0.3 is 4.84 Å². The molecule has 0 aliphatic heterocycles. The molecule has 0 aliphatic rings. The first kappa shape index (κ1) is 21.7. The predicted molar refractivity (Wildman–Crippen MR) is 92.1 cm³/mol. The summed E-state index contributed by atoms with van der Waals surface area (Å²) in [4.78, 5) is 12.3. The molecule has 0 aliphatic carbocycles. The minimum absolute atomic E-state index is 0.0196. The molecule has 1 heterocycles. The van der Waals surface area contributed by atoms with Crippen molar-refractivity contribution in [2.45, 2.75) is 18.3 Å². The van der Waals surface area contributed by atoms with Crippen LogP contribution < -0.4 is 0 Å². The third kappa shape index (κ3) is 5.69. The number of pyridine rings is 1. The molecule has 0 amide bonds. The van der Waals surface area contributed by atoms with Gasteiger partial charge in [-0.3, -0.25) is 9.98 Å². The van der Waals surface area contributed by atoms with E-state index in [1.54, 1.807) is 0 Å². The number of hydrogen-bond acceptors (Lipinski definition) is 4. The van der Waals surface area contributed by atoms with Crippen LogP contribution in [0.25, 0.3) is 0 Å². The Balaban J connectivity index is 2.32. The van der Waals surface area contributed by atoms with E-state index in [1.807, 2.05) is 0 Å². The van der Waals surface area contributed by atoms with Crippen molar-refractivity contribution >= 4 is 29.7 Å². The van der Waals surface area contributed by atoms with E-state index >= 15 is 0 Å². The molecule has 0 bridgehead atoms. The summed E-state index contributed by atoms with van der Waals surface area (Å²) in [6.07, 6.45) is -6.06. The van der Waals surface area contributed by atoms with Gasteiger partial charge >= 0.3 is 12.4 Å². The number of nitrogens with zero attached hydrogens (tertiary/aromatic N) is 3. The van der Waals surface area contributed by atoms with Gasteiger partial charge in [0, 0.05) is 12.4 Å². The third-order valence-electron chi connectivity index (χ3n) is 3.42. The van der Waals surface area contributed by atoms with E-state index in [0.717, 1.165) is 24.3 Å². The lowest BCUT2D eigenvalue weighted by Crippen LogP contribution is -2.10. The van der Waals surface area contributed by atoms with Gasteiger partial charge in [-0.2, -0.15) is 26.3 Å². The lowest BCUT2D eigenvalue weighted by molar-refractivity contribution is -0.138. The summed E-state index contributed by atoms with van der Waals surface area (Å²) in [6, 6.07) is 4.71. The van der Waals surface area contributed by atoms with E-state index in [4.69, 9.17) is 11.6 Å². The number of halogens is 7. The zero-order valence-electron chi connectivity index (χ0n) is 14.1. The minimum Gasteiger partial charge on any atom is -0.399 e. The van der Waals surface area contributed by atoms with Crippen molar-refractivity contribution in [3.63, 3.8) is 0 Å². The normalized spacial score (nSPS) is 14.0. The van der Waals surface area contributed by atoms with Gasteiger partial charge in [-0.05, 0) is 30.3 Å². The van der Waals surface area contributed by atoms with Gasteiger partial charge in [0.1, 0.15) is 7.11 Å². The molecule has 11 heteroatoms. The molecule has 1 unspecified atom stereocenters. The molecule has 0 spiro atoms. The standard InChI is InChI=1S/C17H12ClF6N3O/c1-28-27-8-10(15-14(18)6-12(9-26-15)17(22,23)24)7-25-13-4-2-11(3-5-13)16(19,20)21/h2-10H,1H3/b25-7?,27-8+. The van der Waals surface area contributed by atoms with E-state index in [1.165, 1.54) is 19.5 Å². The highest BCUT2D eigenvalue weighted by Crippen LogP contribution is 2.33. The molecule has 1 aromatic heterocycles. The summed E-state index contributed by atoms with van der Waals surface area (Å²) in [5.74, 6) is -0.878. The molecule has 150 valence electrons. The zero-order valence-corrected chi connectivity index (χ0v) is 14.8. The number of aliphatic imine (C=N–C) groups is 1. The summed E-state index contributed by atoms with van der Waals surface area (Å²) >= 11 is 5.91. The molecule has 0 saturated heterocycles. The maximum atomic E-state index is 12.7. The largest absolute Gasteiger partial charge is 0.417 e. The Morgan fingerprint density at radius 2 is 1.61 bits per heavy atom. The molecule has 0 fully saturated rings. The van der Waals surface area contributed by atoms with E-state index in [0.29, 0.717) is 12.3 Å². The Hall–Kier alpha value is -2.62. The van der Waals surface area contributed by atoms with Gasteiger partial charge in [0.05, 0.1) is 39.7 Å². The number of alkyl halides is 6. The van der Waals surface area contributed by atoms with Crippen molar-refractivity contribution in [3.05, 3.63) is 58.4 Å². The van der Waals surface area contributed by atoms with Gasteiger partial charge in [0.15, 0.2) is 0 Å². The Bertz CT molecular complexity index is 863. The first-order valence-corrected chi connectivity index (χ1v) is 7.91. The molecule has 2 aromatic rings. The highest BCUT2D eigenvalue weighted by Gasteiger charge is 2.32. The van der Waals surface area contributed by atoms with Crippen LogP contribution in [0.15, 0.2) is 46.7 Å².